The third kappa shape index (κ3) is 4.53. The average molecular weight is 439 g/mol. The number of thioether (sulfide) groups is 1. The minimum atomic E-state index is -0.544. The number of pyridine rings is 1. The molecule has 1 aromatic heterocycles. The number of nitrogens with two attached hydrogens (primary N) is 1. The number of ether oxygens (including phenoxy) is 1. The molecule has 162 valence electrons. The van der Waals surface area contributed by atoms with Crippen LogP contribution in [0.15, 0.2) is 24.3 Å². The lowest BCUT2D eigenvalue weighted by atomic mass is 9.83. The van der Waals surface area contributed by atoms with E-state index in [1.165, 1.54) is 0 Å². The molecule has 0 radical (unpaired) electrons. The van der Waals surface area contributed by atoms with Gasteiger partial charge in [0.05, 0.1) is 40.7 Å². The van der Waals surface area contributed by atoms with Gasteiger partial charge in [0.1, 0.15) is 6.04 Å². The maximum absolute atomic E-state index is 12.7. The highest BCUT2D eigenvalue weighted by Gasteiger charge is 2.31. The zero-order valence-electron chi connectivity index (χ0n) is 17.8. The van der Waals surface area contributed by atoms with Crippen molar-refractivity contribution in [2.75, 3.05) is 18.2 Å². The quantitative estimate of drug-likeness (QED) is 0.786. The summed E-state index contributed by atoms with van der Waals surface area (Å²) >= 11 is 1.56. The minimum absolute atomic E-state index is 0.0326. The Morgan fingerprint density at radius 1 is 1.39 bits per heavy atom. The third-order valence-corrected chi connectivity index (χ3v) is 7.02. The standard InChI is InChI=1S/C23H26N4O3S/c1-23(2)10-15(5-6-30-23)14-3-4-20-18(7-14)19(22(25)29)8-16(26-20)9-21(28)27-13-31-12-17(27)11-24/h3-4,7-8,15,17H,5-6,9-10,12-13H2,1-2H3,(H2,25,29)/t15?,17-/m1/s1. The number of carbonyl (C=O) groups excluding carboxylic acids is 2. The molecule has 2 aromatic rings. The maximum atomic E-state index is 12.7. The van der Waals surface area contributed by atoms with Gasteiger partial charge in [-0.05, 0) is 56.4 Å². The second-order valence-electron chi connectivity index (χ2n) is 8.78. The summed E-state index contributed by atoms with van der Waals surface area (Å²) < 4.78 is 5.83. The van der Waals surface area contributed by atoms with Crippen LogP contribution in [0.4, 0.5) is 0 Å². The molecule has 2 N–H and O–H groups in total. The van der Waals surface area contributed by atoms with E-state index in [0.29, 0.717) is 46.3 Å². The van der Waals surface area contributed by atoms with Crippen molar-refractivity contribution in [2.45, 2.75) is 50.7 Å². The second-order valence-corrected chi connectivity index (χ2v) is 9.78. The normalized spacial score (nSPS) is 22.9. The van der Waals surface area contributed by atoms with Gasteiger partial charge >= 0.3 is 0 Å². The molecule has 0 bridgehead atoms. The highest BCUT2D eigenvalue weighted by atomic mass is 32.2. The number of hydrogen-bond acceptors (Lipinski definition) is 6. The number of carbonyl (C=O) groups is 2. The van der Waals surface area contributed by atoms with Crippen molar-refractivity contribution in [3.05, 3.63) is 41.1 Å². The number of nitrogens with zero attached hydrogens (tertiary/aromatic N) is 3. The predicted octanol–water partition coefficient (Wildman–Crippen LogP) is 2.97. The van der Waals surface area contributed by atoms with Gasteiger partial charge in [-0.25, -0.2) is 0 Å². The first-order chi connectivity index (χ1) is 14.8. The number of nitriles is 1. The largest absolute Gasteiger partial charge is 0.376 e. The van der Waals surface area contributed by atoms with Gasteiger partial charge in [-0.1, -0.05) is 6.07 Å². The van der Waals surface area contributed by atoms with Crippen molar-refractivity contribution < 1.29 is 14.3 Å². The SMILES string of the molecule is CC1(C)CC(c2ccc3nc(CC(=O)N4CSC[C@H]4C#N)cc(C(N)=O)c3c2)CCO1. The van der Waals surface area contributed by atoms with E-state index in [9.17, 15) is 14.9 Å². The molecule has 1 unspecified atom stereocenters. The monoisotopic (exact) mass is 438 g/mol. The summed E-state index contributed by atoms with van der Waals surface area (Å²) in [6, 6.07) is 9.31. The summed E-state index contributed by atoms with van der Waals surface area (Å²) in [6.45, 7) is 4.89. The van der Waals surface area contributed by atoms with Crippen molar-refractivity contribution >= 4 is 34.5 Å². The molecule has 2 atom stereocenters. The van der Waals surface area contributed by atoms with E-state index in [-0.39, 0.29) is 17.9 Å². The highest BCUT2D eigenvalue weighted by Crippen LogP contribution is 2.37. The molecule has 2 aliphatic heterocycles. The van der Waals surface area contributed by atoms with E-state index < -0.39 is 11.9 Å². The predicted molar refractivity (Wildman–Crippen MR) is 120 cm³/mol. The number of hydrogen-bond donors (Lipinski definition) is 1. The Labute approximate surface area is 185 Å². The van der Waals surface area contributed by atoms with E-state index in [4.69, 9.17) is 10.5 Å². The van der Waals surface area contributed by atoms with E-state index in [1.807, 2.05) is 18.2 Å². The van der Waals surface area contributed by atoms with Gasteiger partial charge in [-0.2, -0.15) is 5.26 Å². The van der Waals surface area contributed by atoms with Crippen molar-refractivity contribution in [3.63, 3.8) is 0 Å². The molecule has 1 aromatic carbocycles. The molecule has 3 heterocycles. The van der Waals surface area contributed by atoms with E-state index in [1.54, 1.807) is 22.7 Å². The topological polar surface area (TPSA) is 109 Å². The second kappa shape index (κ2) is 8.48. The number of primary amides is 1. The van der Waals surface area contributed by atoms with Crippen molar-refractivity contribution in [1.82, 2.24) is 9.88 Å². The lowest BCUT2D eigenvalue weighted by Gasteiger charge is -2.35. The summed E-state index contributed by atoms with van der Waals surface area (Å²) in [6.07, 6.45) is 1.86. The number of rotatable bonds is 4. The van der Waals surface area contributed by atoms with Crippen LogP contribution in [0.3, 0.4) is 0 Å². The number of aromatic nitrogens is 1. The van der Waals surface area contributed by atoms with Crippen LogP contribution in [0.2, 0.25) is 0 Å². The molecule has 0 aliphatic carbocycles. The van der Waals surface area contributed by atoms with Crippen molar-refractivity contribution in [2.24, 2.45) is 5.73 Å². The van der Waals surface area contributed by atoms with Crippen LogP contribution in [-0.2, 0) is 16.0 Å². The fourth-order valence-corrected chi connectivity index (χ4v) is 5.52. The first kappa shape index (κ1) is 21.6. The van der Waals surface area contributed by atoms with Gasteiger partial charge in [0.15, 0.2) is 0 Å². The first-order valence-corrected chi connectivity index (χ1v) is 11.6. The summed E-state index contributed by atoms with van der Waals surface area (Å²) in [5, 5.41) is 9.94. The van der Waals surface area contributed by atoms with Crippen LogP contribution in [0, 0.1) is 11.3 Å². The van der Waals surface area contributed by atoms with E-state index in [2.05, 4.69) is 24.9 Å². The highest BCUT2D eigenvalue weighted by molar-refractivity contribution is 7.99. The molecule has 2 saturated heterocycles. The molecule has 2 amide bonds. The molecular formula is C23H26N4O3S. The van der Waals surface area contributed by atoms with Gasteiger partial charge in [0.25, 0.3) is 0 Å². The molecular weight excluding hydrogens is 412 g/mol. The Bertz CT molecular complexity index is 1080. The van der Waals surface area contributed by atoms with Crippen molar-refractivity contribution in [1.29, 1.82) is 5.26 Å². The summed E-state index contributed by atoms with van der Waals surface area (Å²) in [7, 11) is 0. The Morgan fingerprint density at radius 3 is 2.90 bits per heavy atom. The average Bonchev–Trinajstić information content (AvgIpc) is 3.21. The van der Waals surface area contributed by atoms with Gasteiger partial charge in [0.2, 0.25) is 11.8 Å². The number of amides is 2. The van der Waals surface area contributed by atoms with Crippen LogP contribution in [0.5, 0.6) is 0 Å². The Balaban J connectivity index is 1.65. The molecule has 2 aliphatic rings. The Morgan fingerprint density at radius 2 is 2.19 bits per heavy atom. The van der Waals surface area contributed by atoms with Crippen LogP contribution in [0.25, 0.3) is 10.9 Å². The van der Waals surface area contributed by atoms with Crippen LogP contribution < -0.4 is 5.73 Å². The van der Waals surface area contributed by atoms with Crippen LogP contribution in [0.1, 0.15) is 54.2 Å². The lowest BCUT2D eigenvalue weighted by Crippen LogP contribution is -2.36. The third-order valence-electron chi connectivity index (χ3n) is 6.00. The van der Waals surface area contributed by atoms with E-state index in [0.717, 1.165) is 18.4 Å². The molecule has 8 heteroatoms. The zero-order valence-corrected chi connectivity index (χ0v) is 18.6. The van der Waals surface area contributed by atoms with Gasteiger partial charge < -0.3 is 15.4 Å². The molecule has 0 spiro atoms. The molecule has 31 heavy (non-hydrogen) atoms. The number of benzene rings is 1. The fourth-order valence-electron chi connectivity index (χ4n) is 4.41. The molecule has 2 fully saturated rings. The van der Waals surface area contributed by atoms with Gasteiger partial charge in [0, 0.05) is 17.7 Å². The Kier molecular flexibility index (Phi) is 5.91. The maximum Gasteiger partial charge on any atom is 0.249 e. The molecule has 4 rings (SSSR count). The van der Waals surface area contributed by atoms with Crippen LogP contribution in [-0.4, -0.2) is 51.6 Å². The summed E-state index contributed by atoms with van der Waals surface area (Å²) in [4.78, 5) is 31.1. The van der Waals surface area contributed by atoms with Crippen LogP contribution >= 0.6 is 11.8 Å². The van der Waals surface area contributed by atoms with Gasteiger partial charge in [-0.3, -0.25) is 14.6 Å². The van der Waals surface area contributed by atoms with Gasteiger partial charge in [-0.15, -0.1) is 11.8 Å². The minimum Gasteiger partial charge on any atom is -0.376 e. The lowest BCUT2D eigenvalue weighted by molar-refractivity contribution is -0.130. The van der Waals surface area contributed by atoms with E-state index >= 15 is 0 Å². The fraction of sp³-hybridized carbons (Fsp3) is 0.478. The first-order valence-electron chi connectivity index (χ1n) is 10.4. The summed E-state index contributed by atoms with van der Waals surface area (Å²) in [5.41, 5.74) is 8.15. The van der Waals surface area contributed by atoms with Crippen molar-refractivity contribution in [3.8, 4) is 6.07 Å². The zero-order chi connectivity index (χ0) is 22.2. The smallest absolute Gasteiger partial charge is 0.249 e. The number of fused-ring (bicyclic) bond motifs is 1. The molecule has 0 saturated carbocycles. The summed E-state index contributed by atoms with van der Waals surface area (Å²) in [5.74, 6) is 0.742. The Hall–Kier alpha value is -2.63. The molecule has 7 nitrogen and oxygen atoms in total.